The second kappa shape index (κ2) is 13.0. The van der Waals surface area contributed by atoms with Gasteiger partial charge in [-0.3, -0.25) is 0 Å². The molecule has 46 heavy (non-hydrogen) atoms. The topological polar surface area (TPSA) is 123 Å². The van der Waals surface area contributed by atoms with Gasteiger partial charge < -0.3 is 24.1 Å². The molecule has 0 spiro atoms. The number of hydrogen-bond acceptors (Lipinski definition) is 8. The molecule has 13 heteroatoms. The molecule has 1 aromatic heterocycles. The van der Waals surface area contributed by atoms with Crippen LogP contribution < -0.4 is 10.4 Å². The third kappa shape index (κ3) is 6.45. The lowest BCUT2D eigenvalue weighted by atomic mass is 10.0. The Kier molecular flexibility index (Phi) is 9.93. The largest absolute Gasteiger partial charge is 0.405 e. The summed E-state index contributed by atoms with van der Waals surface area (Å²) in [4.78, 5) is 4.57. The second-order valence-corrected chi connectivity index (χ2v) is 20.8. The maximum Gasteiger partial charge on any atom is 0.309 e. The standard InChI is InChI=1S/C33H42IN3O7SSi/c1-32(2,3)46(23-14-10-8-11-15-23,24-16-12-9-13-17-24)42-21-27(38)29-30(44-33(4,5)43-29)28(39)31-35-25-20-22(34)18-19-26(25)37(31)45(40,41)36(6)7/h8-20,27-30,38-39H,21H2,1-7H3/t27-,28-,29-,30+/m1/s1. The maximum absolute atomic E-state index is 13.6. The molecule has 0 saturated carbocycles. The van der Waals surface area contributed by atoms with Crippen LogP contribution in [-0.2, 0) is 24.1 Å². The molecule has 4 atom stereocenters. The van der Waals surface area contributed by atoms with Gasteiger partial charge in [0.1, 0.15) is 24.4 Å². The molecule has 10 nitrogen and oxygen atoms in total. The molecule has 5 rings (SSSR count). The molecule has 4 aromatic rings. The van der Waals surface area contributed by atoms with Crippen molar-refractivity contribution in [3.8, 4) is 0 Å². The van der Waals surface area contributed by atoms with Gasteiger partial charge in [-0.05, 0) is 70.0 Å². The molecule has 0 amide bonds. The van der Waals surface area contributed by atoms with Gasteiger partial charge in [0.2, 0.25) is 0 Å². The molecule has 0 aliphatic carbocycles. The average molecular weight is 780 g/mol. The fourth-order valence-electron chi connectivity index (χ4n) is 6.21. The Labute approximate surface area is 285 Å². The first-order chi connectivity index (χ1) is 21.5. The van der Waals surface area contributed by atoms with E-state index in [1.54, 1.807) is 32.0 Å². The van der Waals surface area contributed by atoms with Crippen LogP contribution in [0.25, 0.3) is 11.0 Å². The molecule has 2 heterocycles. The molecule has 1 saturated heterocycles. The molecular weight excluding hydrogens is 737 g/mol. The molecular formula is C33H42IN3O7SSi. The third-order valence-electron chi connectivity index (χ3n) is 8.30. The van der Waals surface area contributed by atoms with E-state index in [0.717, 1.165) is 22.2 Å². The molecule has 2 N–H and O–H groups in total. The Morgan fingerprint density at radius 3 is 2.04 bits per heavy atom. The van der Waals surface area contributed by atoms with E-state index in [1.165, 1.54) is 14.1 Å². The van der Waals surface area contributed by atoms with E-state index in [9.17, 15) is 18.6 Å². The zero-order valence-corrected chi connectivity index (χ0v) is 31.1. The Balaban J connectivity index is 1.54. The summed E-state index contributed by atoms with van der Waals surface area (Å²) in [6.07, 6.45) is -5.06. The van der Waals surface area contributed by atoms with Crippen molar-refractivity contribution in [3.05, 3.63) is 88.3 Å². The van der Waals surface area contributed by atoms with E-state index < -0.39 is 48.7 Å². The summed E-state index contributed by atoms with van der Waals surface area (Å²) in [5, 5.41) is 25.4. The number of aliphatic hydroxyl groups is 2. The highest BCUT2D eigenvalue weighted by atomic mass is 127. The first-order valence-electron chi connectivity index (χ1n) is 15.1. The highest BCUT2D eigenvalue weighted by molar-refractivity contribution is 14.1. The SMILES string of the molecule is CN(C)S(=O)(=O)n1c([C@H](O)[C@@H]2OC(C)(C)O[C@@H]2[C@H](O)CO[Si](c2ccccc2)(c2ccccc2)C(C)(C)C)nc2cc(I)ccc21. The van der Waals surface area contributed by atoms with Crippen LogP contribution in [0.5, 0.6) is 0 Å². The summed E-state index contributed by atoms with van der Waals surface area (Å²) in [5.41, 5.74) is 0.713. The van der Waals surface area contributed by atoms with Gasteiger partial charge >= 0.3 is 10.2 Å². The van der Waals surface area contributed by atoms with Gasteiger partial charge in [0.25, 0.3) is 8.32 Å². The van der Waals surface area contributed by atoms with Crippen molar-refractivity contribution < 1.29 is 32.5 Å². The van der Waals surface area contributed by atoms with Gasteiger partial charge in [-0.1, -0.05) is 81.4 Å². The van der Waals surface area contributed by atoms with Gasteiger partial charge in [-0.15, -0.1) is 0 Å². The summed E-state index contributed by atoms with van der Waals surface area (Å²) in [6, 6.07) is 25.3. The van der Waals surface area contributed by atoms with Crippen molar-refractivity contribution in [2.24, 2.45) is 0 Å². The van der Waals surface area contributed by atoms with Gasteiger partial charge in [-0.2, -0.15) is 12.7 Å². The maximum atomic E-state index is 13.6. The van der Waals surface area contributed by atoms with Crippen LogP contribution in [-0.4, -0.2) is 85.0 Å². The first-order valence-corrected chi connectivity index (χ1v) is 19.5. The van der Waals surface area contributed by atoms with E-state index in [4.69, 9.17) is 13.9 Å². The van der Waals surface area contributed by atoms with Crippen molar-refractivity contribution in [1.82, 2.24) is 13.3 Å². The van der Waals surface area contributed by atoms with Crippen LogP contribution in [0.2, 0.25) is 5.04 Å². The van der Waals surface area contributed by atoms with E-state index >= 15 is 0 Å². The Morgan fingerprint density at radius 1 is 0.978 bits per heavy atom. The predicted molar refractivity (Wildman–Crippen MR) is 189 cm³/mol. The number of benzene rings is 3. The van der Waals surface area contributed by atoms with Crippen molar-refractivity contribution in [2.75, 3.05) is 20.7 Å². The summed E-state index contributed by atoms with van der Waals surface area (Å²) in [6.45, 7) is 9.69. The minimum absolute atomic E-state index is 0.120. The lowest BCUT2D eigenvalue weighted by Crippen LogP contribution is -2.67. The fourth-order valence-corrected chi connectivity index (χ4v) is 12.4. The molecule has 0 radical (unpaired) electrons. The van der Waals surface area contributed by atoms with Gasteiger partial charge in [0.05, 0.1) is 17.6 Å². The van der Waals surface area contributed by atoms with Crippen molar-refractivity contribution >= 4 is 62.5 Å². The van der Waals surface area contributed by atoms with Crippen LogP contribution in [0.1, 0.15) is 46.5 Å². The van der Waals surface area contributed by atoms with Gasteiger partial charge in [-0.25, -0.2) is 8.96 Å². The van der Waals surface area contributed by atoms with Crippen LogP contribution in [0.4, 0.5) is 0 Å². The normalized spacial score (nSPS) is 20.3. The lowest BCUT2D eigenvalue weighted by molar-refractivity contribution is -0.162. The third-order valence-corrected chi connectivity index (χ3v) is 15.7. The van der Waals surface area contributed by atoms with Crippen LogP contribution in [0, 0.1) is 3.57 Å². The summed E-state index contributed by atoms with van der Waals surface area (Å²) < 4.78 is 49.4. The van der Waals surface area contributed by atoms with Crippen molar-refractivity contribution in [1.29, 1.82) is 0 Å². The van der Waals surface area contributed by atoms with E-state index in [-0.39, 0.29) is 17.5 Å². The number of nitrogens with zero attached hydrogens (tertiary/aromatic N) is 3. The van der Waals surface area contributed by atoms with Crippen LogP contribution >= 0.6 is 22.6 Å². The number of fused-ring (bicyclic) bond motifs is 1. The van der Waals surface area contributed by atoms with E-state index in [1.807, 2.05) is 36.4 Å². The molecule has 0 bridgehead atoms. The van der Waals surface area contributed by atoms with Gasteiger partial charge in [0.15, 0.2) is 11.6 Å². The van der Waals surface area contributed by atoms with Crippen molar-refractivity contribution in [3.63, 3.8) is 0 Å². The fraction of sp³-hybridized carbons (Fsp3) is 0.424. The molecule has 1 aliphatic heterocycles. The average Bonchev–Trinajstić information content (AvgIpc) is 3.54. The quantitative estimate of drug-likeness (QED) is 0.184. The number of hydrogen-bond donors (Lipinski definition) is 2. The van der Waals surface area contributed by atoms with Gasteiger partial charge in [0, 0.05) is 17.7 Å². The molecule has 0 unspecified atom stereocenters. The zero-order valence-electron chi connectivity index (χ0n) is 27.1. The minimum atomic E-state index is -4.10. The Morgan fingerprint density at radius 2 is 1.52 bits per heavy atom. The summed E-state index contributed by atoms with van der Waals surface area (Å²) in [5.74, 6) is -1.33. The highest BCUT2D eigenvalue weighted by Gasteiger charge is 2.53. The molecule has 1 fully saturated rings. The number of halogens is 1. The number of aromatic nitrogens is 2. The summed E-state index contributed by atoms with van der Waals surface area (Å²) >= 11 is 2.12. The number of ether oxygens (including phenoxy) is 2. The monoisotopic (exact) mass is 779 g/mol. The zero-order chi connectivity index (χ0) is 33.7. The molecule has 3 aromatic carbocycles. The smallest absolute Gasteiger partial charge is 0.309 e. The minimum Gasteiger partial charge on any atom is -0.405 e. The van der Waals surface area contributed by atoms with Crippen LogP contribution in [0.3, 0.4) is 0 Å². The predicted octanol–water partition coefficient (Wildman–Crippen LogP) is 3.79. The first kappa shape index (κ1) is 35.1. The highest BCUT2D eigenvalue weighted by Crippen LogP contribution is 2.40. The van der Waals surface area contributed by atoms with E-state index in [0.29, 0.717) is 11.0 Å². The Bertz CT molecular complexity index is 1740. The number of rotatable bonds is 10. The Hall–Kier alpha value is -2.21. The molecule has 1 aliphatic rings. The van der Waals surface area contributed by atoms with E-state index in [2.05, 4.69) is 72.6 Å². The van der Waals surface area contributed by atoms with Crippen molar-refractivity contribution in [2.45, 2.75) is 69.9 Å². The lowest BCUT2D eigenvalue weighted by Gasteiger charge is -2.43. The molecule has 248 valence electrons. The number of aliphatic hydroxyl groups excluding tert-OH is 2. The summed E-state index contributed by atoms with van der Waals surface area (Å²) in [7, 11) is -4.28. The van der Waals surface area contributed by atoms with Crippen LogP contribution in [0.15, 0.2) is 78.9 Å². The second-order valence-electron chi connectivity index (χ2n) is 13.2. The number of imidazole rings is 1.